The smallest absolute Gasteiger partial charge is 0.272 e. The third-order valence-electron chi connectivity index (χ3n) is 3.49. The molecule has 0 aromatic carbocycles. The molecular formula is C14H21N3O. The summed E-state index contributed by atoms with van der Waals surface area (Å²) in [6.45, 7) is 6.71. The van der Waals surface area contributed by atoms with Gasteiger partial charge in [0.25, 0.3) is 5.91 Å². The molecule has 1 N–H and O–H groups in total. The topological polar surface area (TPSA) is 45.2 Å². The molecule has 0 spiro atoms. The fourth-order valence-corrected chi connectivity index (χ4v) is 2.43. The van der Waals surface area contributed by atoms with Gasteiger partial charge in [0.05, 0.1) is 0 Å². The number of nitrogens with one attached hydrogen (secondary N) is 1. The normalized spacial score (nSPS) is 16.9. The summed E-state index contributed by atoms with van der Waals surface area (Å²) in [4.78, 5) is 18.4. The number of hydrogen-bond acceptors (Lipinski definition) is 3. The summed E-state index contributed by atoms with van der Waals surface area (Å²) in [6, 6.07) is 4.36. The van der Waals surface area contributed by atoms with Gasteiger partial charge in [0.15, 0.2) is 0 Å². The minimum atomic E-state index is 0.0723. The number of pyridine rings is 1. The van der Waals surface area contributed by atoms with E-state index in [4.69, 9.17) is 0 Å². The van der Waals surface area contributed by atoms with Crippen molar-refractivity contribution in [2.75, 3.05) is 19.6 Å². The Labute approximate surface area is 108 Å². The van der Waals surface area contributed by atoms with E-state index in [2.05, 4.69) is 17.2 Å². The molecule has 0 unspecified atom stereocenters. The first-order valence-corrected chi connectivity index (χ1v) is 6.66. The average Bonchev–Trinajstić information content (AvgIpc) is 2.40. The molecule has 1 aromatic heterocycles. The molecule has 2 rings (SSSR count). The lowest BCUT2D eigenvalue weighted by Crippen LogP contribution is -2.45. The van der Waals surface area contributed by atoms with Gasteiger partial charge < -0.3 is 10.2 Å². The SMILES string of the molecule is CCNC1CCN(C(=O)c2ncccc2C)CC1. The van der Waals surface area contributed by atoms with Gasteiger partial charge >= 0.3 is 0 Å². The fourth-order valence-electron chi connectivity index (χ4n) is 2.43. The number of piperidine rings is 1. The van der Waals surface area contributed by atoms with E-state index in [1.807, 2.05) is 24.0 Å². The third-order valence-corrected chi connectivity index (χ3v) is 3.49. The lowest BCUT2D eigenvalue weighted by Gasteiger charge is -2.32. The molecule has 1 aliphatic rings. The number of carbonyl (C=O) groups excluding carboxylic acids is 1. The molecule has 2 heterocycles. The first-order valence-electron chi connectivity index (χ1n) is 6.66. The lowest BCUT2D eigenvalue weighted by atomic mass is 10.0. The molecule has 1 aromatic rings. The molecule has 98 valence electrons. The minimum absolute atomic E-state index is 0.0723. The molecule has 4 heteroatoms. The molecule has 1 aliphatic heterocycles. The Morgan fingerprint density at radius 1 is 1.50 bits per heavy atom. The van der Waals surface area contributed by atoms with Crippen molar-refractivity contribution in [1.82, 2.24) is 15.2 Å². The highest BCUT2D eigenvalue weighted by Gasteiger charge is 2.24. The fraction of sp³-hybridized carbons (Fsp3) is 0.571. The zero-order chi connectivity index (χ0) is 13.0. The van der Waals surface area contributed by atoms with Crippen LogP contribution in [0.15, 0.2) is 18.3 Å². The van der Waals surface area contributed by atoms with Crippen molar-refractivity contribution in [3.63, 3.8) is 0 Å². The Kier molecular flexibility index (Phi) is 4.31. The monoisotopic (exact) mass is 247 g/mol. The first-order chi connectivity index (χ1) is 8.72. The van der Waals surface area contributed by atoms with Gasteiger partial charge in [-0.1, -0.05) is 13.0 Å². The van der Waals surface area contributed by atoms with Crippen molar-refractivity contribution in [2.24, 2.45) is 0 Å². The standard InChI is InChI=1S/C14H21N3O/c1-3-15-12-6-9-17(10-7-12)14(18)13-11(2)5-4-8-16-13/h4-5,8,12,15H,3,6-7,9-10H2,1-2H3. The van der Waals surface area contributed by atoms with E-state index >= 15 is 0 Å². The maximum Gasteiger partial charge on any atom is 0.272 e. The van der Waals surface area contributed by atoms with E-state index in [1.165, 1.54) is 0 Å². The van der Waals surface area contributed by atoms with Gasteiger partial charge in [-0.15, -0.1) is 0 Å². The molecule has 0 radical (unpaired) electrons. The van der Waals surface area contributed by atoms with Crippen LogP contribution in [0.25, 0.3) is 0 Å². The predicted octanol–water partition coefficient (Wildman–Crippen LogP) is 1.60. The van der Waals surface area contributed by atoms with Crippen LogP contribution in [0.5, 0.6) is 0 Å². The predicted molar refractivity (Wildman–Crippen MR) is 71.6 cm³/mol. The van der Waals surface area contributed by atoms with Crippen molar-refractivity contribution in [2.45, 2.75) is 32.7 Å². The van der Waals surface area contributed by atoms with Crippen molar-refractivity contribution < 1.29 is 4.79 Å². The lowest BCUT2D eigenvalue weighted by molar-refractivity contribution is 0.0699. The van der Waals surface area contributed by atoms with E-state index in [-0.39, 0.29) is 5.91 Å². The highest BCUT2D eigenvalue weighted by Crippen LogP contribution is 2.14. The van der Waals surface area contributed by atoms with Crippen LogP contribution in [0.4, 0.5) is 0 Å². The maximum atomic E-state index is 12.3. The Morgan fingerprint density at radius 3 is 2.83 bits per heavy atom. The van der Waals surface area contributed by atoms with Gasteiger partial charge in [0.1, 0.15) is 5.69 Å². The van der Waals surface area contributed by atoms with Crippen LogP contribution < -0.4 is 5.32 Å². The zero-order valence-corrected chi connectivity index (χ0v) is 11.1. The molecule has 18 heavy (non-hydrogen) atoms. The number of aryl methyl sites for hydroxylation is 1. The molecule has 1 fully saturated rings. The number of carbonyl (C=O) groups is 1. The molecule has 0 atom stereocenters. The van der Waals surface area contributed by atoms with Crippen LogP contribution >= 0.6 is 0 Å². The Balaban J connectivity index is 1.98. The maximum absolute atomic E-state index is 12.3. The number of nitrogens with zero attached hydrogens (tertiary/aromatic N) is 2. The Hall–Kier alpha value is -1.42. The quantitative estimate of drug-likeness (QED) is 0.882. The van der Waals surface area contributed by atoms with Crippen molar-refractivity contribution >= 4 is 5.91 Å². The summed E-state index contributed by atoms with van der Waals surface area (Å²) < 4.78 is 0. The van der Waals surface area contributed by atoms with E-state index < -0.39 is 0 Å². The second kappa shape index (κ2) is 5.96. The summed E-state index contributed by atoms with van der Waals surface area (Å²) in [6.07, 6.45) is 3.75. The molecule has 0 aliphatic carbocycles. The van der Waals surface area contributed by atoms with E-state index in [0.717, 1.165) is 38.0 Å². The number of rotatable bonds is 3. The molecule has 1 saturated heterocycles. The minimum Gasteiger partial charge on any atom is -0.337 e. The van der Waals surface area contributed by atoms with Gasteiger partial charge in [-0.3, -0.25) is 9.78 Å². The van der Waals surface area contributed by atoms with Crippen LogP contribution in [0.2, 0.25) is 0 Å². The second-order valence-electron chi connectivity index (χ2n) is 4.79. The molecule has 1 amide bonds. The largest absolute Gasteiger partial charge is 0.337 e. The van der Waals surface area contributed by atoms with Gasteiger partial charge in [-0.25, -0.2) is 0 Å². The number of hydrogen-bond donors (Lipinski definition) is 1. The summed E-state index contributed by atoms with van der Waals surface area (Å²) in [7, 11) is 0. The summed E-state index contributed by atoms with van der Waals surface area (Å²) in [5.74, 6) is 0.0723. The Bertz CT molecular complexity index is 411. The second-order valence-corrected chi connectivity index (χ2v) is 4.79. The van der Waals surface area contributed by atoms with E-state index in [0.29, 0.717) is 11.7 Å². The first kappa shape index (κ1) is 13.0. The van der Waals surface area contributed by atoms with Crippen LogP contribution in [0.3, 0.4) is 0 Å². The van der Waals surface area contributed by atoms with E-state index in [1.54, 1.807) is 6.20 Å². The highest BCUT2D eigenvalue weighted by atomic mass is 16.2. The number of aromatic nitrogens is 1. The number of amides is 1. The summed E-state index contributed by atoms with van der Waals surface area (Å²) >= 11 is 0. The van der Waals surface area contributed by atoms with Gasteiger partial charge in [-0.05, 0) is 37.9 Å². The van der Waals surface area contributed by atoms with Crippen molar-refractivity contribution in [3.05, 3.63) is 29.6 Å². The Morgan fingerprint density at radius 2 is 2.22 bits per heavy atom. The molecule has 0 bridgehead atoms. The summed E-state index contributed by atoms with van der Waals surface area (Å²) in [5, 5.41) is 3.44. The van der Waals surface area contributed by atoms with Gasteiger partial charge in [0, 0.05) is 25.3 Å². The number of likely N-dealkylation sites (tertiary alicyclic amines) is 1. The summed E-state index contributed by atoms with van der Waals surface area (Å²) in [5.41, 5.74) is 1.55. The zero-order valence-electron chi connectivity index (χ0n) is 11.1. The van der Waals surface area contributed by atoms with Gasteiger partial charge in [0.2, 0.25) is 0 Å². The molecule has 4 nitrogen and oxygen atoms in total. The van der Waals surface area contributed by atoms with Crippen LogP contribution in [0.1, 0.15) is 35.8 Å². The van der Waals surface area contributed by atoms with Gasteiger partial charge in [-0.2, -0.15) is 0 Å². The highest BCUT2D eigenvalue weighted by molar-refractivity contribution is 5.93. The van der Waals surface area contributed by atoms with E-state index in [9.17, 15) is 4.79 Å². The molecule has 0 saturated carbocycles. The van der Waals surface area contributed by atoms with Crippen molar-refractivity contribution in [3.8, 4) is 0 Å². The average molecular weight is 247 g/mol. The third kappa shape index (κ3) is 2.88. The van der Waals surface area contributed by atoms with Crippen LogP contribution in [0, 0.1) is 6.92 Å². The molecular weight excluding hydrogens is 226 g/mol. The van der Waals surface area contributed by atoms with Crippen LogP contribution in [-0.2, 0) is 0 Å². The van der Waals surface area contributed by atoms with Crippen LogP contribution in [-0.4, -0.2) is 41.5 Å². The van der Waals surface area contributed by atoms with Crippen molar-refractivity contribution in [1.29, 1.82) is 0 Å².